The zero-order chi connectivity index (χ0) is 16.8. The fraction of sp³-hybridized carbons (Fsp3) is 0.444. The molecule has 128 valence electrons. The molecular weight excluding hydrogens is 306 g/mol. The summed E-state index contributed by atoms with van der Waals surface area (Å²) in [6.07, 6.45) is 4.83. The Hall–Kier alpha value is -2.34. The van der Waals surface area contributed by atoms with Crippen LogP contribution < -0.4 is 15.5 Å². The highest BCUT2D eigenvalue weighted by molar-refractivity contribution is 5.95. The molecular formula is C18H23N3O3. The van der Waals surface area contributed by atoms with Crippen LogP contribution in [0.4, 0.5) is 5.69 Å². The first kappa shape index (κ1) is 16.5. The lowest BCUT2D eigenvalue weighted by Gasteiger charge is -2.28. The predicted octanol–water partition coefficient (Wildman–Crippen LogP) is 0.931. The van der Waals surface area contributed by atoms with Gasteiger partial charge in [-0.05, 0) is 36.6 Å². The van der Waals surface area contributed by atoms with Gasteiger partial charge in [0.15, 0.2) is 0 Å². The van der Waals surface area contributed by atoms with E-state index >= 15 is 0 Å². The molecule has 0 unspecified atom stereocenters. The molecule has 6 heteroatoms. The van der Waals surface area contributed by atoms with Crippen LogP contribution in [0, 0.1) is 0 Å². The summed E-state index contributed by atoms with van der Waals surface area (Å²) in [5.41, 5.74) is 2.12. The predicted molar refractivity (Wildman–Crippen MR) is 92.7 cm³/mol. The van der Waals surface area contributed by atoms with Gasteiger partial charge >= 0.3 is 0 Å². The zero-order valence-corrected chi connectivity index (χ0v) is 13.7. The molecule has 0 spiro atoms. The third-order valence-corrected chi connectivity index (χ3v) is 4.30. The molecule has 2 heterocycles. The van der Waals surface area contributed by atoms with Crippen LogP contribution in [-0.4, -0.2) is 50.7 Å². The Morgan fingerprint density at radius 1 is 1.25 bits per heavy atom. The molecule has 1 atom stereocenters. The number of piperidine rings is 1. The maximum absolute atomic E-state index is 11.9. The standard InChI is InChI=1S/C18H23N3O3/c22-17(20-16-2-1-9-19-18(16)23)8-5-14-3-6-15(7-4-14)21-10-12-24-13-11-21/h3-8,16H,1-2,9-13H2,(H,19,23)(H,20,22)/b8-5+/t16-/m1/s1. The summed E-state index contributed by atoms with van der Waals surface area (Å²) < 4.78 is 5.35. The second kappa shape index (κ2) is 7.97. The van der Waals surface area contributed by atoms with E-state index in [4.69, 9.17) is 4.74 Å². The zero-order valence-electron chi connectivity index (χ0n) is 13.7. The van der Waals surface area contributed by atoms with E-state index in [-0.39, 0.29) is 11.8 Å². The average Bonchev–Trinajstić information content (AvgIpc) is 2.63. The summed E-state index contributed by atoms with van der Waals surface area (Å²) in [6.45, 7) is 4.02. The van der Waals surface area contributed by atoms with Crippen molar-refractivity contribution in [2.45, 2.75) is 18.9 Å². The molecule has 0 aromatic heterocycles. The van der Waals surface area contributed by atoms with Gasteiger partial charge in [-0.15, -0.1) is 0 Å². The number of amides is 2. The smallest absolute Gasteiger partial charge is 0.244 e. The van der Waals surface area contributed by atoms with E-state index in [1.165, 1.54) is 11.8 Å². The van der Waals surface area contributed by atoms with Crippen LogP contribution in [0.1, 0.15) is 18.4 Å². The van der Waals surface area contributed by atoms with Gasteiger partial charge < -0.3 is 20.3 Å². The Morgan fingerprint density at radius 2 is 2.00 bits per heavy atom. The molecule has 2 aliphatic rings. The Kier molecular flexibility index (Phi) is 5.48. The van der Waals surface area contributed by atoms with Gasteiger partial charge in [0.05, 0.1) is 13.2 Å². The lowest BCUT2D eigenvalue weighted by molar-refractivity contribution is -0.128. The Bertz CT molecular complexity index is 606. The number of nitrogens with zero attached hydrogens (tertiary/aromatic N) is 1. The molecule has 2 fully saturated rings. The van der Waals surface area contributed by atoms with Gasteiger partial charge in [0.25, 0.3) is 0 Å². The van der Waals surface area contributed by atoms with Crippen molar-refractivity contribution in [2.24, 2.45) is 0 Å². The van der Waals surface area contributed by atoms with Crippen LogP contribution in [0.2, 0.25) is 0 Å². The molecule has 0 radical (unpaired) electrons. The van der Waals surface area contributed by atoms with Crippen LogP contribution >= 0.6 is 0 Å². The average molecular weight is 329 g/mol. The number of benzene rings is 1. The highest BCUT2D eigenvalue weighted by Crippen LogP contribution is 2.17. The summed E-state index contributed by atoms with van der Waals surface area (Å²) in [5.74, 6) is -0.341. The minimum atomic E-state index is -0.417. The van der Waals surface area contributed by atoms with Crippen molar-refractivity contribution in [1.82, 2.24) is 10.6 Å². The molecule has 2 N–H and O–H groups in total. The summed E-state index contributed by atoms with van der Waals surface area (Å²) in [6, 6.07) is 7.67. The van der Waals surface area contributed by atoms with Crippen molar-refractivity contribution in [2.75, 3.05) is 37.7 Å². The van der Waals surface area contributed by atoms with Gasteiger partial charge in [0, 0.05) is 31.4 Å². The van der Waals surface area contributed by atoms with E-state index in [1.807, 2.05) is 12.1 Å². The number of anilines is 1. The molecule has 1 aromatic rings. The first-order valence-electron chi connectivity index (χ1n) is 8.41. The minimum absolute atomic E-state index is 0.0992. The van der Waals surface area contributed by atoms with E-state index in [0.29, 0.717) is 13.0 Å². The second-order valence-electron chi connectivity index (χ2n) is 6.02. The number of rotatable bonds is 4. The molecule has 0 bridgehead atoms. The number of morpholine rings is 1. The molecule has 2 amide bonds. The number of ether oxygens (including phenoxy) is 1. The largest absolute Gasteiger partial charge is 0.378 e. The summed E-state index contributed by atoms with van der Waals surface area (Å²) >= 11 is 0. The maximum Gasteiger partial charge on any atom is 0.244 e. The lowest BCUT2D eigenvalue weighted by atomic mass is 10.1. The van der Waals surface area contributed by atoms with Crippen LogP contribution in [0.5, 0.6) is 0 Å². The van der Waals surface area contributed by atoms with Crippen molar-refractivity contribution in [3.8, 4) is 0 Å². The third kappa shape index (κ3) is 4.35. The van der Waals surface area contributed by atoms with Crippen LogP contribution in [0.15, 0.2) is 30.3 Å². The molecule has 1 aromatic carbocycles. The van der Waals surface area contributed by atoms with Crippen LogP contribution in [0.25, 0.3) is 6.08 Å². The number of nitrogens with one attached hydrogen (secondary N) is 2. The number of hydrogen-bond donors (Lipinski definition) is 2. The first-order valence-corrected chi connectivity index (χ1v) is 8.41. The van der Waals surface area contributed by atoms with Gasteiger partial charge in [0.1, 0.15) is 6.04 Å². The molecule has 6 nitrogen and oxygen atoms in total. The number of carbonyl (C=O) groups is 2. The second-order valence-corrected chi connectivity index (χ2v) is 6.02. The van der Waals surface area contributed by atoms with E-state index in [1.54, 1.807) is 6.08 Å². The highest BCUT2D eigenvalue weighted by atomic mass is 16.5. The normalized spacial score (nSPS) is 21.6. The molecule has 3 rings (SSSR count). The van der Waals surface area contributed by atoms with Gasteiger partial charge in [-0.3, -0.25) is 9.59 Å². The summed E-state index contributed by atoms with van der Waals surface area (Å²) in [5, 5.41) is 5.50. The number of hydrogen-bond acceptors (Lipinski definition) is 4. The number of carbonyl (C=O) groups excluding carboxylic acids is 2. The quantitative estimate of drug-likeness (QED) is 0.806. The minimum Gasteiger partial charge on any atom is -0.378 e. The van der Waals surface area contributed by atoms with E-state index < -0.39 is 6.04 Å². The fourth-order valence-corrected chi connectivity index (χ4v) is 2.92. The Balaban J connectivity index is 1.53. The lowest BCUT2D eigenvalue weighted by Crippen LogP contribution is -2.49. The van der Waals surface area contributed by atoms with Gasteiger partial charge in [-0.25, -0.2) is 0 Å². The Morgan fingerprint density at radius 3 is 2.71 bits per heavy atom. The van der Waals surface area contributed by atoms with Crippen molar-refractivity contribution in [3.63, 3.8) is 0 Å². The van der Waals surface area contributed by atoms with E-state index in [0.717, 1.165) is 38.3 Å². The molecule has 2 saturated heterocycles. The summed E-state index contributed by atoms with van der Waals surface area (Å²) in [7, 11) is 0. The van der Waals surface area contributed by atoms with Crippen molar-refractivity contribution < 1.29 is 14.3 Å². The topological polar surface area (TPSA) is 70.7 Å². The Labute approximate surface area is 141 Å². The monoisotopic (exact) mass is 329 g/mol. The maximum atomic E-state index is 11.9. The van der Waals surface area contributed by atoms with Gasteiger partial charge in [0.2, 0.25) is 11.8 Å². The van der Waals surface area contributed by atoms with Crippen molar-refractivity contribution >= 4 is 23.6 Å². The molecule has 0 saturated carbocycles. The SMILES string of the molecule is O=C(/C=C/c1ccc(N2CCOCC2)cc1)N[C@@H]1CCCNC1=O. The van der Waals surface area contributed by atoms with E-state index in [9.17, 15) is 9.59 Å². The molecule has 0 aliphatic carbocycles. The van der Waals surface area contributed by atoms with E-state index in [2.05, 4.69) is 27.7 Å². The summed E-state index contributed by atoms with van der Waals surface area (Å²) in [4.78, 5) is 25.9. The van der Waals surface area contributed by atoms with Crippen LogP contribution in [0.3, 0.4) is 0 Å². The van der Waals surface area contributed by atoms with Crippen molar-refractivity contribution in [1.29, 1.82) is 0 Å². The molecule has 24 heavy (non-hydrogen) atoms. The van der Waals surface area contributed by atoms with Gasteiger partial charge in [-0.1, -0.05) is 12.1 Å². The fourth-order valence-electron chi connectivity index (χ4n) is 2.92. The first-order chi connectivity index (χ1) is 11.7. The van der Waals surface area contributed by atoms with Crippen LogP contribution in [-0.2, 0) is 14.3 Å². The molecule has 2 aliphatic heterocycles. The van der Waals surface area contributed by atoms with Gasteiger partial charge in [-0.2, -0.15) is 0 Å². The van der Waals surface area contributed by atoms with Crippen molar-refractivity contribution in [3.05, 3.63) is 35.9 Å². The highest BCUT2D eigenvalue weighted by Gasteiger charge is 2.22. The third-order valence-electron chi connectivity index (χ3n) is 4.30.